The minimum atomic E-state index is -0.0403. The quantitative estimate of drug-likeness (QED) is 0.683. The summed E-state index contributed by atoms with van der Waals surface area (Å²) in [6.07, 6.45) is 7.73. The van der Waals surface area contributed by atoms with Crippen molar-refractivity contribution in [1.29, 1.82) is 0 Å². The minimum absolute atomic E-state index is 0.0403. The fourth-order valence-electron chi connectivity index (χ4n) is 1.88. The van der Waals surface area contributed by atoms with Crippen LogP contribution in [0.15, 0.2) is 12.4 Å². The zero-order valence-corrected chi connectivity index (χ0v) is 8.89. The Morgan fingerprint density at radius 3 is 2.80 bits per heavy atom. The van der Waals surface area contributed by atoms with E-state index in [9.17, 15) is 4.79 Å². The van der Waals surface area contributed by atoms with Crippen molar-refractivity contribution in [2.24, 2.45) is 0 Å². The van der Waals surface area contributed by atoms with Crippen molar-refractivity contribution in [3.8, 4) is 0 Å². The highest BCUT2D eigenvalue weighted by Gasteiger charge is 2.23. The zero-order chi connectivity index (χ0) is 10.7. The summed E-state index contributed by atoms with van der Waals surface area (Å²) < 4.78 is 0. The van der Waals surface area contributed by atoms with Gasteiger partial charge in [0.1, 0.15) is 6.29 Å². The number of carbonyl (C=O) groups excluding carboxylic acids is 1. The Hall–Kier alpha value is -1.45. The van der Waals surface area contributed by atoms with Crippen LogP contribution < -0.4 is 4.90 Å². The van der Waals surface area contributed by atoms with Crippen LogP contribution in [0.1, 0.15) is 24.8 Å². The first kappa shape index (κ1) is 10.1. The van der Waals surface area contributed by atoms with E-state index in [0.717, 1.165) is 37.7 Å². The molecule has 0 amide bonds. The van der Waals surface area contributed by atoms with E-state index in [2.05, 4.69) is 9.97 Å². The van der Waals surface area contributed by atoms with Crippen molar-refractivity contribution in [3.05, 3.63) is 18.0 Å². The highest BCUT2D eigenvalue weighted by Crippen LogP contribution is 2.19. The molecule has 80 valence electrons. The fraction of sp³-hybridized carbons (Fsp3) is 0.545. The highest BCUT2D eigenvalue weighted by molar-refractivity contribution is 5.64. The monoisotopic (exact) mass is 205 g/mol. The Bertz CT molecular complexity index is 336. The normalized spacial score (nSPS) is 21.4. The standard InChI is InChI=1S/C11H15N3O/c1-9-6-12-11(13-7-9)14-5-3-2-4-10(14)8-15/h6-8,10H,2-5H2,1H3. The molecule has 0 spiro atoms. The molecular formula is C11H15N3O. The van der Waals surface area contributed by atoms with Crippen molar-refractivity contribution in [2.45, 2.75) is 32.2 Å². The Morgan fingerprint density at radius 2 is 2.13 bits per heavy atom. The van der Waals surface area contributed by atoms with E-state index in [-0.39, 0.29) is 6.04 Å². The first-order valence-corrected chi connectivity index (χ1v) is 5.32. The van der Waals surface area contributed by atoms with Gasteiger partial charge < -0.3 is 9.69 Å². The van der Waals surface area contributed by atoms with Gasteiger partial charge in [0.15, 0.2) is 0 Å². The number of carbonyl (C=O) groups is 1. The molecule has 0 aromatic carbocycles. The van der Waals surface area contributed by atoms with Crippen LogP contribution in [0.25, 0.3) is 0 Å². The molecule has 1 fully saturated rings. The molecule has 0 radical (unpaired) electrons. The lowest BCUT2D eigenvalue weighted by Gasteiger charge is -2.32. The van der Waals surface area contributed by atoms with Gasteiger partial charge in [0, 0.05) is 18.9 Å². The number of rotatable bonds is 2. The summed E-state index contributed by atoms with van der Waals surface area (Å²) in [5.41, 5.74) is 1.04. The zero-order valence-electron chi connectivity index (χ0n) is 8.89. The molecular weight excluding hydrogens is 190 g/mol. The second-order valence-corrected chi connectivity index (χ2v) is 3.95. The van der Waals surface area contributed by atoms with Gasteiger partial charge in [-0.1, -0.05) is 0 Å². The van der Waals surface area contributed by atoms with Gasteiger partial charge in [-0.2, -0.15) is 0 Å². The SMILES string of the molecule is Cc1cnc(N2CCCCC2C=O)nc1. The molecule has 0 saturated carbocycles. The van der Waals surface area contributed by atoms with Crippen LogP contribution >= 0.6 is 0 Å². The molecule has 1 atom stereocenters. The molecule has 1 aliphatic heterocycles. The van der Waals surface area contributed by atoms with E-state index in [0.29, 0.717) is 5.95 Å². The number of anilines is 1. The van der Waals surface area contributed by atoms with Gasteiger partial charge in [-0.3, -0.25) is 0 Å². The molecule has 0 N–H and O–H groups in total. The molecule has 4 nitrogen and oxygen atoms in total. The first-order chi connectivity index (χ1) is 7.31. The average molecular weight is 205 g/mol. The Balaban J connectivity index is 2.20. The maximum atomic E-state index is 10.9. The highest BCUT2D eigenvalue weighted by atomic mass is 16.1. The minimum Gasteiger partial charge on any atom is -0.331 e. The third-order valence-corrected chi connectivity index (χ3v) is 2.73. The van der Waals surface area contributed by atoms with Gasteiger partial charge in [-0.05, 0) is 31.7 Å². The number of aldehydes is 1. The largest absolute Gasteiger partial charge is 0.331 e. The van der Waals surface area contributed by atoms with Crippen LogP contribution in [0.3, 0.4) is 0 Å². The molecule has 0 bridgehead atoms. The molecule has 1 unspecified atom stereocenters. The van der Waals surface area contributed by atoms with Gasteiger partial charge in [0.2, 0.25) is 5.95 Å². The molecule has 1 aromatic rings. The van der Waals surface area contributed by atoms with Gasteiger partial charge in [-0.25, -0.2) is 9.97 Å². The van der Waals surface area contributed by atoms with E-state index in [1.807, 2.05) is 11.8 Å². The Kier molecular flexibility index (Phi) is 2.94. The summed E-state index contributed by atoms with van der Waals surface area (Å²) in [7, 11) is 0. The molecule has 15 heavy (non-hydrogen) atoms. The summed E-state index contributed by atoms with van der Waals surface area (Å²) in [5, 5.41) is 0. The molecule has 2 rings (SSSR count). The third kappa shape index (κ3) is 2.14. The van der Waals surface area contributed by atoms with Crippen molar-refractivity contribution in [3.63, 3.8) is 0 Å². The molecule has 1 aliphatic rings. The smallest absolute Gasteiger partial charge is 0.225 e. The topological polar surface area (TPSA) is 46.1 Å². The predicted octanol–water partition coefficient (Wildman–Crippen LogP) is 1.34. The number of piperidine rings is 1. The summed E-state index contributed by atoms with van der Waals surface area (Å²) in [6.45, 7) is 2.84. The van der Waals surface area contributed by atoms with Crippen LogP contribution in [0.2, 0.25) is 0 Å². The van der Waals surface area contributed by atoms with Gasteiger partial charge in [-0.15, -0.1) is 0 Å². The van der Waals surface area contributed by atoms with Crippen molar-refractivity contribution in [2.75, 3.05) is 11.4 Å². The number of hydrogen-bond donors (Lipinski definition) is 0. The van der Waals surface area contributed by atoms with Crippen molar-refractivity contribution < 1.29 is 4.79 Å². The lowest BCUT2D eigenvalue weighted by atomic mass is 10.0. The Labute approximate surface area is 89.3 Å². The number of aryl methyl sites for hydroxylation is 1. The van der Waals surface area contributed by atoms with Crippen molar-refractivity contribution >= 4 is 12.2 Å². The first-order valence-electron chi connectivity index (χ1n) is 5.32. The Morgan fingerprint density at radius 1 is 1.40 bits per heavy atom. The number of nitrogens with zero attached hydrogens (tertiary/aromatic N) is 3. The lowest BCUT2D eigenvalue weighted by molar-refractivity contribution is -0.109. The van der Waals surface area contributed by atoms with E-state index in [1.54, 1.807) is 12.4 Å². The van der Waals surface area contributed by atoms with E-state index in [1.165, 1.54) is 0 Å². The lowest BCUT2D eigenvalue weighted by Crippen LogP contribution is -2.41. The molecule has 1 saturated heterocycles. The maximum Gasteiger partial charge on any atom is 0.225 e. The van der Waals surface area contributed by atoms with Crippen LogP contribution in [0, 0.1) is 6.92 Å². The average Bonchev–Trinajstić information content (AvgIpc) is 2.30. The summed E-state index contributed by atoms with van der Waals surface area (Å²) in [4.78, 5) is 21.4. The third-order valence-electron chi connectivity index (χ3n) is 2.73. The molecule has 4 heteroatoms. The number of aromatic nitrogens is 2. The number of hydrogen-bond acceptors (Lipinski definition) is 4. The fourth-order valence-corrected chi connectivity index (χ4v) is 1.88. The van der Waals surface area contributed by atoms with Gasteiger partial charge in [0.05, 0.1) is 6.04 Å². The molecule has 2 heterocycles. The van der Waals surface area contributed by atoms with Crippen LogP contribution in [0.4, 0.5) is 5.95 Å². The summed E-state index contributed by atoms with van der Waals surface area (Å²) >= 11 is 0. The predicted molar refractivity (Wildman–Crippen MR) is 57.8 cm³/mol. The van der Waals surface area contributed by atoms with Crippen LogP contribution in [0.5, 0.6) is 0 Å². The van der Waals surface area contributed by atoms with E-state index < -0.39 is 0 Å². The van der Waals surface area contributed by atoms with Gasteiger partial charge in [0.25, 0.3) is 0 Å². The van der Waals surface area contributed by atoms with E-state index in [4.69, 9.17) is 0 Å². The summed E-state index contributed by atoms with van der Waals surface area (Å²) in [6, 6.07) is -0.0403. The van der Waals surface area contributed by atoms with E-state index >= 15 is 0 Å². The van der Waals surface area contributed by atoms with Crippen LogP contribution in [-0.2, 0) is 4.79 Å². The molecule has 1 aromatic heterocycles. The second-order valence-electron chi connectivity index (χ2n) is 3.95. The second kappa shape index (κ2) is 4.38. The van der Waals surface area contributed by atoms with Crippen LogP contribution in [-0.4, -0.2) is 28.8 Å². The maximum absolute atomic E-state index is 10.9. The summed E-state index contributed by atoms with van der Waals surface area (Å²) in [5.74, 6) is 0.678. The molecule has 0 aliphatic carbocycles. The van der Waals surface area contributed by atoms with Gasteiger partial charge >= 0.3 is 0 Å². The van der Waals surface area contributed by atoms with Crippen molar-refractivity contribution in [1.82, 2.24) is 9.97 Å².